The number of ether oxygens (including phenoxy) is 1. The van der Waals surface area contributed by atoms with E-state index in [1.54, 1.807) is 35.1 Å². The molecule has 0 radical (unpaired) electrons. The van der Waals surface area contributed by atoms with Gasteiger partial charge < -0.3 is 14.8 Å². The van der Waals surface area contributed by atoms with Gasteiger partial charge in [-0.25, -0.2) is 0 Å². The molecule has 2 aromatic rings. The molecule has 0 spiro atoms. The van der Waals surface area contributed by atoms with Gasteiger partial charge in [-0.3, -0.25) is 4.68 Å². The standard InChI is InChI=1S/C11H13BN2O3/c15-12(16)10-2-4-11(5-3-10)17-9-8-14-7-1-6-13-14/h1-7,15-16H,8-9H2. The minimum atomic E-state index is -1.44. The molecule has 2 rings (SSSR count). The van der Waals surface area contributed by atoms with Crippen LogP contribution in [0.3, 0.4) is 0 Å². The minimum absolute atomic E-state index is 0.449. The first-order valence-corrected chi connectivity index (χ1v) is 5.32. The maximum atomic E-state index is 8.92. The summed E-state index contributed by atoms with van der Waals surface area (Å²) in [6.07, 6.45) is 3.59. The molecule has 2 N–H and O–H groups in total. The molecule has 1 heterocycles. The lowest BCUT2D eigenvalue weighted by Gasteiger charge is -2.07. The monoisotopic (exact) mass is 232 g/mol. The van der Waals surface area contributed by atoms with Crippen LogP contribution in [0.1, 0.15) is 0 Å². The first kappa shape index (κ1) is 11.7. The van der Waals surface area contributed by atoms with Crippen LogP contribution in [-0.4, -0.2) is 33.6 Å². The number of hydrogen-bond acceptors (Lipinski definition) is 4. The number of hydrogen-bond donors (Lipinski definition) is 2. The maximum absolute atomic E-state index is 8.92. The first-order valence-electron chi connectivity index (χ1n) is 5.32. The van der Waals surface area contributed by atoms with E-state index in [-0.39, 0.29) is 0 Å². The van der Waals surface area contributed by atoms with Crippen LogP contribution < -0.4 is 10.2 Å². The van der Waals surface area contributed by atoms with Crippen molar-refractivity contribution in [2.75, 3.05) is 6.61 Å². The van der Waals surface area contributed by atoms with E-state index in [0.29, 0.717) is 24.4 Å². The third-order valence-corrected chi connectivity index (χ3v) is 2.33. The Kier molecular flexibility index (Phi) is 3.79. The van der Waals surface area contributed by atoms with Crippen LogP contribution >= 0.6 is 0 Å². The maximum Gasteiger partial charge on any atom is 0.488 e. The van der Waals surface area contributed by atoms with Crippen molar-refractivity contribution < 1.29 is 14.8 Å². The molecule has 0 aliphatic rings. The third-order valence-electron chi connectivity index (χ3n) is 2.33. The molecule has 0 aliphatic carbocycles. The predicted octanol–water partition coefficient (Wildman–Crippen LogP) is -0.358. The van der Waals surface area contributed by atoms with Crippen molar-refractivity contribution in [3.05, 3.63) is 42.7 Å². The fraction of sp³-hybridized carbons (Fsp3) is 0.182. The molecule has 1 aromatic carbocycles. The number of nitrogens with zero attached hydrogens (tertiary/aromatic N) is 2. The minimum Gasteiger partial charge on any atom is -0.492 e. The topological polar surface area (TPSA) is 67.5 Å². The summed E-state index contributed by atoms with van der Waals surface area (Å²) >= 11 is 0. The van der Waals surface area contributed by atoms with E-state index in [4.69, 9.17) is 14.8 Å². The van der Waals surface area contributed by atoms with Crippen LogP contribution in [0.4, 0.5) is 0 Å². The first-order chi connectivity index (χ1) is 8.25. The molecule has 1 aromatic heterocycles. The zero-order chi connectivity index (χ0) is 12.1. The van der Waals surface area contributed by atoms with Gasteiger partial charge >= 0.3 is 7.12 Å². The van der Waals surface area contributed by atoms with Gasteiger partial charge in [0.1, 0.15) is 12.4 Å². The van der Waals surface area contributed by atoms with Gasteiger partial charge in [0.15, 0.2) is 0 Å². The highest BCUT2D eigenvalue weighted by Crippen LogP contribution is 2.07. The lowest BCUT2D eigenvalue weighted by Crippen LogP contribution is -2.29. The second-order valence-electron chi connectivity index (χ2n) is 3.56. The van der Waals surface area contributed by atoms with E-state index in [9.17, 15) is 0 Å². The van der Waals surface area contributed by atoms with Crippen molar-refractivity contribution in [3.63, 3.8) is 0 Å². The second-order valence-corrected chi connectivity index (χ2v) is 3.56. The quantitative estimate of drug-likeness (QED) is 0.691. The Morgan fingerprint density at radius 1 is 1.24 bits per heavy atom. The number of benzene rings is 1. The van der Waals surface area contributed by atoms with E-state index >= 15 is 0 Å². The number of aromatic nitrogens is 2. The van der Waals surface area contributed by atoms with Crippen LogP contribution in [0.15, 0.2) is 42.7 Å². The van der Waals surface area contributed by atoms with Crippen molar-refractivity contribution in [3.8, 4) is 5.75 Å². The van der Waals surface area contributed by atoms with Gasteiger partial charge in [-0.1, -0.05) is 12.1 Å². The Morgan fingerprint density at radius 3 is 2.59 bits per heavy atom. The molecule has 0 unspecified atom stereocenters. The van der Waals surface area contributed by atoms with Gasteiger partial charge in [-0.15, -0.1) is 0 Å². The smallest absolute Gasteiger partial charge is 0.488 e. The summed E-state index contributed by atoms with van der Waals surface area (Å²) in [6, 6.07) is 8.51. The van der Waals surface area contributed by atoms with Crippen LogP contribution in [0.2, 0.25) is 0 Å². The van der Waals surface area contributed by atoms with Crippen molar-refractivity contribution in [1.29, 1.82) is 0 Å². The van der Waals surface area contributed by atoms with Gasteiger partial charge in [0.2, 0.25) is 0 Å². The molecule has 88 valence electrons. The highest BCUT2D eigenvalue weighted by Gasteiger charge is 2.09. The summed E-state index contributed by atoms with van der Waals surface area (Å²) in [6.45, 7) is 1.19. The zero-order valence-electron chi connectivity index (χ0n) is 9.23. The highest BCUT2D eigenvalue weighted by atomic mass is 16.5. The largest absolute Gasteiger partial charge is 0.492 e. The normalized spacial score (nSPS) is 10.2. The summed E-state index contributed by atoms with van der Waals surface area (Å²) in [4.78, 5) is 0. The molecule has 0 saturated heterocycles. The Bertz CT molecular complexity index is 442. The van der Waals surface area contributed by atoms with Gasteiger partial charge in [0.05, 0.1) is 6.54 Å². The molecule has 0 amide bonds. The van der Waals surface area contributed by atoms with Crippen LogP contribution in [0.5, 0.6) is 5.75 Å². The van der Waals surface area contributed by atoms with Crippen LogP contribution in [-0.2, 0) is 6.54 Å². The zero-order valence-corrected chi connectivity index (χ0v) is 9.23. The molecule has 0 aliphatic heterocycles. The number of rotatable bonds is 5. The summed E-state index contributed by atoms with van der Waals surface area (Å²) in [5.74, 6) is 0.696. The summed E-state index contributed by atoms with van der Waals surface area (Å²) in [7, 11) is -1.44. The second kappa shape index (κ2) is 5.52. The van der Waals surface area contributed by atoms with Gasteiger partial charge in [0, 0.05) is 12.4 Å². The lowest BCUT2D eigenvalue weighted by atomic mass is 9.80. The highest BCUT2D eigenvalue weighted by molar-refractivity contribution is 6.58. The molecule has 6 heteroatoms. The fourth-order valence-electron chi connectivity index (χ4n) is 1.43. The summed E-state index contributed by atoms with van der Waals surface area (Å²) < 4.78 is 7.27. The van der Waals surface area contributed by atoms with E-state index in [2.05, 4.69) is 5.10 Å². The summed E-state index contributed by atoms with van der Waals surface area (Å²) in [5.41, 5.74) is 0.449. The SMILES string of the molecule is OB(O)c1ccc(OCCn2cccn2)cc1. The molecular weight excluding hydrogens is 219 g/mol. The van der Waals surface area contributed by atoms with E-state index < -0.39 is 7.12 Å². The molecule has 0 bridgehead atoms. The Hall–Kier alpha value is -1.79. The lowest BCUT2D eigenvalue weighted by molar-refractivity contribution is 0.291. The van der Waals surface area contributed by atoms with Crippen molar-refractivity contribution in [2.24, 2.45) is 0 Å². The molecule has 0 fully saturated rings. The Balaban J connectivity index is 1.83. The van der Waals surface area contributed by atoms with E-state index in [1.165, 1.54) is 0 Å². The third kappa shape index (κ3) is 3.34. The summed E-state index contributed by atoms with van der Waals surface area (Å²) in [5, 5.41) is 21.9. The van der Waals surface area contributed by atoms with E-state index in [1.807, 2.05) is 12.3 Å². The van der Waals surface area contributed by atoms with Crippen molar-refractivity contribution >= 4 is 12.6 Å². The van der Waals surface area contributed by atoms with Gasteiger partial charge in [-0.2, -0.15) is 5.10 Å². The molecule has 0 saturated carbocycles. The molecule has 17 heavy (non-hydrogen) atoms. The average molecular weight is 232 g/mol. The van der Waals surface area contributed by atoms with Crippen molar-refractivity contribution in [1.82, 2.24) is 9.78 Å². The van der Waals surface area contributed by atoms with E-state index in [0.717, 1.165) is 0 Å². The van der Waals surface area contributed by atoms with Gasteiger partial charge in [0.25, 0.3) is 0 Å². The van der Waals surface area contributed by atoms with Crippen LogP contribution in [0, 0.1) is 0 Å². The predicted molar refractivity (Wildman–Crippen MR) is 64.0 cm³/mol. The Labute approximate surface area is 99.4 Å². The van der Waals surface area contributed by atoms with Crippen molar-refractivity contribution in [2.45, 2.75) is 6.54 Å². The molecule has 5 nitrogen and oxygen atoms in total. The average Bonchev–Trinajstić information content (AvgIpc) is 2.83. The molecule has 0 atom stereocenters. The fourth-order valence-corrected chi connectivity index (χ4v) is 1.43. The van der Waals surface area contributed by atoms with Gasteiger partial charge in [-0.05, 0) is 23.7 Å². The van der Waals surface area contributed by atoms with Crippen LogP contribution in [0.25, 0.3) is 0 Å². The Morgan fingerprint density at radius 2 is 2.00 bits per heavy atom. The molecular formula is C11H13BN2O3.